The summed E-state index contributed by atoms with van der Waals surface area (Å²) in [6.45, 7) is 14.5. The van der Waals surface area contributed by atoms with E-state index in [4.69, 9.17) is 0 Å². The zero-order chi connectivity index (χ0) is 14.5. The molecular weight excluding hydrogens is 363 g/mol. The van der Waals surface area contributed by atoms with Crippen LogP contribution in [0.25, 0.3) is 0 Å². The van der Waals surface area contributed by atoms with Gasteiger partial charge in [0, 0.05) is 31.7 Å². The Morgan fingerprint density at radius 1 is 1.35 bits per heavy atom. The third kappa shape index (κ3) is 7.67. The molecule has 0 unspecified atom stereocenters. The van der Waals surface area contributed by atoms with E-state index in [1.165, 1.54) is 25.9 Å². The molecule has 1 atom stereocenters. The zero-order valence-corrected chi connectivity index (χ0v) is 16.3. The summed E-state index contributed by atoms with van der Waals surface area (Å²) in [6, 6.07) is 0.654. The van der Waals surface area contributed by atoms with Gasteiger partial charge in [0.2, 0.25) is 0 Å². The maximum atomic E-state index is 4.30. The van der Waals surface area contributed by atoms with Crippen LogP contribution >= 0.6 is 24.0 Å². The smallest absolute Gasteiger partial charge is 0.191 e. The van der Waals surface area contributed by atoms with E-state index >= 15 is 0 Å². The van der Waals surface area contributed by atoms with Gasteiger partial charge in [-0.1, -0.05) is 13.8 Å². The predicted octanol–water partition coefficient (Wildman–Crippen LogP) is 2.69. The summed E-state index contributed by atoms with van der Waals surface area (Å²) >= 11 is 0. The van der Waals surface area contributed by atoms with Gasteiger partial charge >= 0.3 is 0 Å². The fourth-order valence-corrected chi connectivity index (χ4v) is 2.58. The first kappa shape index (κ1) is 20.0. The van der Waals surface area contributed by atoms with Crippen molar-refractivity contribution in [3.63, 3.8) is 0 Å². The maximum absolute atomic E-state index is 4.30. The minimum atomic E-state index is 0. The molecule has 0 saturated carbocycles. The average molecular weight is 396 g/mol. The van der Waals surface area contributed by atoms with Gasteiger partial charge in [-0.2, -0.15) is 0 Å². The third-order valence-electron chi connectivity index (χ3n) is 3.32. The van der Waals surface area contributed by atoms with E-state index in [1.807, 2.05) is 7.05 Å². The molecule has 2 N–H and O–H groups in total. The van der Waals surface area contributed by atoms with E-state index < -0.39 is 0 Å². The van der Waals surface area contributed by atoms with Gasteiger partial charge in [-0.15, -0.1) is 24.0 Å². The molecule has 0 bridgehead atoms. The number of nitrogens with zero attached hydrogens (tertiary/aromatic N) is 2. The maximum Gasteiger partial charge on any atom is 0.191 e. The van der Waals surface area contributed by atoms with Crippen LogP contribution in [0.1, 0.15) is 47.5 Å². The second-order valence-corrected chi connectivity index (χ2v) is 7.01. The van der Waals surface area contributed by atoms with Gasteiger partial charge in [0.25, 0.3) is 0 Å². The third-order valence-corrected chi connectivity index (χ3v) is 3.32. The van der Waals surface area contributed by atoms with Crippen molar-refractivity contribution in [1.29, 1.82) is 0 Å². The fourth-order valence-electron chi connectivity index (χ4n) is 2.58. The largest absolute Gasteiger partial charge is 0.355 e. The number of guanidine groups is 1. The number of nitrogens with one attached hydrogen (secondary N) is 2. The van der Waals surface area contributed by atoms with Crippen molar-refractivity contribution in [2.75, 3.05) is 26.7 Å². The lowest BCUT2D eigenvalue weighted by atomic mass is 10.1. The molecule has 1 rings (SSSR count). The van der Waals surface area contributed by atoms with Gasteiger partial charge in [-0.05, 0) is 46.1 Å². The van der Waals surface area contributed by atoms with Gasteiger partial charge < -0.3 is 10.6 Å². The number of hydrogen-bond acceptors (Lipinski definition) is 2. The van der Waals surface area contributed by atoms with Crippen LogP contribution in [-0.4, -0.2) is 49.1 Å². The number of aliphatic imine (C=N–C) groups is 1. The SMILES string of the molecule is CN=C(NC[C@H]1CCCN1CC(C)C)NC(C)(C)C.I. The molecule has 20 heavy (non-hydrogen) atoms. The fraction of sp³-hybridized carbons (Fsp3) is 0.933. The summed E-state index contributed by atoms with van der Waals surface area (Å²) < 4.78 is 0. The number of rotatable bonds is 4. The van der Waals surface area contributed by atoms with E-state index in [0.717, 1.165) is 18.4 Å². The van der Waals surface area contributed by atoms with Crippen molar-refractivity contribution < 1.29 is 0 Å². The Morgan fingerprint density at radius 3 is 2.50 bits per heavy atom. The molecule has 0 radical (unpaired) electrons. The molecule has 0 amide bonds. The Kier molecular flexibility index (Phi) is 9.06. The lowest BCUT2D eigenvalue weighted by Crippen LogP contribution is -2.50. The van der Waals surface area contributed by atoms with Crippen LogP contribution in [-0.2, 0) is 0 Å². The van der Waals surface area contributed by atoms with Gasteiger partial charge in [0.1, 0.15) is 0 Å². The molecule has 1 aliphatic heterocycles. The van der Waals surface area contributed by atoms with Crippen LogP contribution < -0.4 is 10.6 Å². The van der Waals surface area contributed by atoms with Gasteiger partial charge in [-0.3, -0.25) is 9.89 Å². The quantitative estimate of drug-likeness (QED) is 0.436. The number of halogens is 1. The Bertz CT molecular complexity index is 297. The second-order valence-electron chi connectivity index (χ2n) is 7.01. The first-order valence-corrected chi connectivity index (χ1v) is 7.54. The lowest BCUT2D eigenvalue weighted by Gasteiger charge is -2.28. The van der Waals surface area contributed by atoms with E-state index in [2.05, 4.69) is 55.1 Å². The van der Waals surface area contributed by atoms with E-state index in [0.29, 0.717) is 6.04 Å². The molecular formula is C15H33IN4. The first-order valence-electron chi connectivity index (χ1n) is 7.54. The highest BCUT2D eigenvalue weighted by Crippen LogP contribution is 2.17. The van der Waals surface area contributed by atoms with E-state index in [1.54, 1.807) is 0 Å². The van der Waals surface area contributed by atoms with Crippen molar-refractivity contribution in [3.8, 4) is 0 Å². The highest BCUT2D eigenvalue weighted by Gasteiger charge is 2.25. The summed E-state index contributed by atoms with van der Waals surface area (Å²) in [5.41, 5.74) is 0.0507. The topological polar surface area (TPSA) is 39.7 Å². The molecule has 0 aromatic rings. The Hall–Kier alpha value is -0.0400. The molecule has 120 valence electrons. The van der Waals surface area contributed by atoms with Crippen LogP contribution in [0.2, 0.25) is 0 Å². The summed E-state index contributed by atoms with van der Waals surface area (Å²) in [5.74, 6) is 1.65. The summed E-state index contributed by atoms with van der Waals surface area (Å²) in [4.78, 5) is 6.91. The van der Waals surface area contributed by atoms with Crippen molar-refractivity contribution in [3.05, 3.63) is 0 Å². The Labute approximate surface area is 142 Å². The normalized spacial score (nSPS) is 20.9. The van der Waals surface area contributed by atoms with Crippen LogP contribution in [0.3, 0.4) is 0 Å². The Morgan fingerprint density at radius 2 is 2.00 bits per heavy atom. The molecule has 0 aromatic carbocycles. The zero-order valence-electron chi connectivity index (χ0n) is 14.0. The second kappa shape index (κ2) is 9.07. The lowest BCUT2D eigenvalue weighted by molar-refractivity contribution is 0.226. The average Bonchev–Trinajstić information content (AvgIpc) is 2.69. The highest BCUT2D eigenvalue weighted by atomic mass is 127. The van der Waals surface area contributed by atoms with Crippen molar-refractivity contribution in [2.45, 2.75) is 59.0 Å². The summed E-state index contributed by atoms with van der Waals surface area (Å²) in [7, 11) is 1.83. The van der Waals surface area contributed by atoms with Gasteiger partial charge in [-0.25, -0.2) is 0 Å². The molecule has 1 aliphatic rings. The van der Waals surface area contributed by atoms with Crippen molar-refractivity contribution in [1.82, 2.24) is 15.5 Å². The number of likely N-dealkylation sites (tertiary alicyclic amines) is 1. The molecule has 1 fully saturated rings. The standard InChI is InChI=1S/C15H32N4.HI/c1-12(2)11-19-9-7-8-13(19)10-17-14(16-6)18-15(3,4)5;/h12-13H,7-11H2,1-6H3,(H2,16,17,18);1H/t13-;/m1./s1. The van der Waals surface area contributed by atoms with Gasteiger partial charge in [0.15, 0.2) is 5.96 Å². The van der Waals surface area contributed by atoms with Gasteiger partial charge in [0.05, 0.1) is 0 Å². The molecule has 5 heteroatoms. The van der Waals surface area contributed by atoms with Crippen LogP contribution in [0.4, 0.5) is 0 Å². The predicted molar refractivity (Wildman–Crippen MR) is 99.1 cm³/mol. The van der Waals surface area contributed by atoms with E-state index in [9.17, 15) is 0 Å². The molecule has 0 aromatic heterocycles. The van der Waals surface area contributed by atoms with Crippen LogP contribution in [0.5, 0.6) is 0 Å². The van der Waals surface area contributed by atoms with Crippen molar-refractivity contribution >= 4 is 29.9 Å². The first-order chi connectivity index (χ1) is 8.81. The van der Waals surface area contributed by atoms with Crippen LogP contribution in [0.15, 0.2) is 4.99 Å². The number of hydrogen-bond donors (Lipinski definition) is 2. The van der Waals surface area contributed by atoms with Crippen LogP contribution in [0, 0.1) is 5.92 Å². The van der Waals surface area contributed by atoms with E-state index in [-0.39, 0.29) is 29.5 Å². The highest BCUT2D eigenvalue weighted by molar-refractivity contribution is 14.0. The monoisotopic (exact) mass is 396 g/mol. The molecule has 1 saturated heterocycles. The summed E-state index contributed by atoms with van der Waals surface area (Å²) in [6.07, 6.45) is 2.62. The molecule has 0 aliphatic carbocycles. The van der Waals surface area contributed by atoms with Crippen molar-refractivity contribution in [2.24, 2.45) is 10.9 Å². The minimum Gasteiger partial charge on any atom is -0.355 e. The molecule has 0 spiro atoms. The Balaban J connectivity index is 0.00000361. The molecule has 1 heterocycles. The molecule has 4 nitrogen and oxygen atoms in total. The summed E-state index contributed by atoms with van der Waals surface area (Å²) in [5, 5.41) is 6.87. The minimum absolute atomic E-state index is 0.